The number of nitrogens with zero attached hydrogens (tertiary/aromatic N) is 1. The van der Waals surface area contributed by atoms with Crippen LogP contribution in [0.5, 0.6) is 5.75 Å². The molecule has 1 aliphatic heterocycles. The summed E-state index contributed by atoms with van der Waals surface area (Å²) in [7, 11) is 1.72. The van der Waals surface area contributed by atoms with E-state index in [1.807, 2.05) is 12.1 Å². The lowest BCUT2D eigenvalue weighted by molar-refractivity contribution is 0.179. The largest absolute Gasteiger partial charge is 0.496 e. The van der Waals surface area contributed by atoms with Crippen molar-refractivity contribution in [3.63, 3.8) is 0 Å². The number of benzene rings is 2. The van der Waals surface area contributed by atoms with Gasteiger partial charge in [-0.3, -0.25) is 4.90 Å². The molecule has 160 valence electrons. The number of fused-ring (bicyclic) bond motifs is 3. The Kier molecular flexibility index (Phi) is 5.08. The van der Waals surface area contributed by atoms with E-state index in [-0.39, 0.29) is 12.6 Å². The topological polar surface area (TPSA) is 61.6 Å². The van der Waals surface area contributed by atoms with Crippen LogP contribution in [0.25, 0.3) is 10.9 Å². The molecule has 3 heterocycles. The summed E-state index contributed by atoms with van der Waals surface area (Å²) >= 11 is 0. The van der Waals surface area contributed by atoms with Crippen molar-refractivity contribution in [1.29, 1.82) is 0 Å². The highest BCUT2D eigenvalue weighted by Crippen LogP contribution is 2.41. The number of para-hydroxylation sites is 1. The van der Waals surface area contributed by atoms with Crippen molar-refractivity contribution in [3.05, 3.63) is 88.0 Å². The minimum absolute atomic E-state index is 0.0770. The quantitative estimate of drug-likeness (QED) is 0.479. The van der Waals surface area contributed by atoms with Crippen LogP contribution in [-0.4, -0.2) is 28.6 Å². The van der Waals surface area contributed by atoms with E-state index in [9.17, 15) is 5.11 Å². The second-order valence-electron chi connectivity index (χ2n) is 8.32. The molecule has 0 fully saturated rings. The van der Waals surface area contributed by atoms with Crippen molar-refractivity contribution in [1.82, 2.24) is 9.88 Å². The van der Waals surface area contributed by atoms with Crippen LogP contribution in [0.2, 0.25) is 0 Å². The lowest BCUT2D eigenvalue weighted by Crippen LogP contribution is -2.36. The molecule has 0 unspecified atom stereocenters. The molecule has 0 amide bonds. The molecule has 2 aromatic carbocycles. The Bertz CT molecular complexity index is 1240. The number of methoxy groups -OCH3 is 1. The van der Waals surface area contributed by atoms with E-state index in [0.717, 1.165) is 24.5 Å². The Morgan fingerprint density at radius 2 is 1.87 bits per heavy atom. The van der Waals surface area contributed by atoms with Gasteiger partial charge in [-0.15, -0.1) is 0 Å². The van der Waals surface area contributed by atoms with Crippen molar-refractivity contribution in [2.24, 2.45) is 0 Å². The van der Waals surface area contributed by atoms with Gasteiger partial charge in [-0.2, -0.15) is 0 Å². The number of ether oxygens (including phenoxy) is 1. The van der Waals surface area contributed by atoms with Crippen LogP contribution in [0.3, 0.4) is 0 Å². The van der Waals surface area contributed by atoms with Crippen molar-refractivity contribution in [2.75, 3.05) is 13.7 Å². The number of furan rings is 1. The Balaban J connectivity index is 1.64. The van der Waals surface area contributed by atoms with Gasteiger partial charge in [0.2, 0.25) is 0 Å². The number of aliphatic hydroxyl groups excluding tert-OH is 1. The maximum absolute atomic E-state index is 9.39. The number of aromatic amines is 1. The number of aliphatic hydroxyl groups is 1. The number of hydrogen-bond donors (Lipinski definition) is 2. The van der Waals surface area contributed by atoms with Gasteiger partial charge in [-0.1, -0.05) is 24.3 Å². The zero-order chi connectivity index (χ0) is 21.5. The third-order valence-electron chi connectivity index (χ3n) is 6.66. The van der Waals surface area contributed by atoms with E-state index in [0.29, 0.717) is 12.3 Å². The summed E-state index contributed by atoms with van der Waals surface area (Å²) in [5.41, 5.74) is 7.54. The van der Waals surface area contributed by atoms with Gasteiger partial charge in [-0.25, -0.2) is 0 Å². The molecular weight excluding hydrogens is 388 g/mol. The number of H-pyrrole nitrogens is 1. The van der Waals surface area contributed by atoms with Crippen LogP contribution in [0, 0.1) is 13.8 Å². The summed E-state index contributed by atoms with van der Waals surface area (Å²) in [6, 6.07) is 16.7. The second-order valence-corrected chi connectivity index (χ2v) is 8.32. The van der Waals surface area contributed by atoms with Gasteiger partial charge in [0, 0.05) is 23.1 Å². The highest BCUT2D eigenvalue weighted by atomic mass is 16.5. The van der Waals surface area contributed by atoms with Crippen molar-refractivity contribution < 1.29 is 14.3 Å². The van der Waals surface area contributed by atoms with Gasteiger partial charge in [-0.05, 0) is 66.8 Å². The Morgan fingerprint density at radius 1 is 1.06 bits per heavy atom. The molecule has 2 aromatic heterocycles. The highest BCUT2D eigenvalue weighted by molar-refractivity contribution is 5.85. The molecule has 1 aliphatic rings. The first-order chi connectivity index (χ1) is 15.1. The fourth-order valence-electron chi connectivity index (χ4n) is 4.94. The molecule has 0 radical (unpaired) electrons. The van der Waals surface area contributed by atoms with Gasteiger partial charge in [0.05, 0.1) is 19.7 Å². The first-order valence-corrected chi connectivity index (χ1v) is 10.8. The minimum atomic E-state index is -0.0770. The first-order valence-electron chi connectivity index (χ1n) is 10.8. The van der Waals surface area contributed by atoms with Crippen molar-refractivity contribution in [3.8, 4) is 5.75 Å². The van der Waals surface area contributed by atoms with Gasteiger partial charge < -0.3 is 19.2 Å². The lowest BCUT2D eigenvalue weighted by atomic mass is 9.88. The van der Waals surface area contributed by atoms with Gasteiger partial charge in [0.1, 0.15) is 23.9 Å². The normalized spacial score (nSPS) is 16.6. The van der Waals surface area contributed by atoms with E-state index in [4.69, 9.17) is 9.15 Å². The van der Waals surface area contributed by atoms with Crippen molar-refractivity contribution in [2.45, 2.75) is 39.5 Å². The summed E-state index contributed by atoms with van der Waals surface area (Å²) in [5, 5.41) is 10.7. The van der Waals surface area contributed by atoms with E-state index in [1.54, 1.807) is 7.11 Å². The Morgan fingerprint density at radius 3 is 2.65 bits per heavy atom. The maximum Gasteiger partial charge on any atom is 0.129 e. The van der Waals surface area contributed by atoms with Crippen LogP contribution < -0.4 is 4.74 Å². The van der Waals surface area contributed by atoms with E-state index in [1.165, 1.54) is 38.9 Å². The van der Waals surface area contributed by atoms with Gasteiger partial charge in [0.25, 0.3) is 0 Å². The van der Waals surface area contributed by atoms with Gasteiger partial charge >= 0.3 is 0 Å². The second kappa shape index (κ2) is 7.91. The Hall–Kier alpha value is -3.02. The molecule has 0 spiro atoms. The van der Waals surface area contributed by atoms with Crippen LogP contribution in [0.1, 0.15) is 45.5 Å². The molecule has 1 atom stereocenters. The Labute approximate surface area is 182 Å². The van der Waals surface area contributed by atoms with Gasteiger partial charge in [0.15, 0.2) is 0 Å². The number of nitrogens with one attached hydrogen (secondary N) is 1. The average molecular weight is 417 g/mol. The fourth-order valence-corrected chi connectivity index (χ4v) is 4.94. The zero-order valence-corrected chi connectivity index (χ0v) is 18.2. The van der Waals surface area contributed by atoms with Crippen molar-refractivity contribution >= 4 is 10.9 Å². The van der Waals surface area contributed by atoms with E-state index < -0.39 is 0 Å². The zero-order valence-electron chi connectivity index (χ0n) is 18.2. The summed E-state index contributed by atoms with van der Waals surface area (Å²) in [4.78, 5) is 6.19. The molecule has 5 rings (SSSR count). The summed E-state index contributed by atoms with van der Waals surface area (Å²) < 4.78 is 11.4. The molecular formula is C26H28N2O3. The third kappa shape index (κ3) is 3.34. The smallest absolute Gasteiger partial charge is 0.129 e. The van der Waals surface area contributed by atoms with Crippen LogP contribution in [0.15, 0.2) is 52.9 Å². The van der Waals surface area contributed by atoms with Crippen LogP contribution in [0.4, 0.5) is 0 Å². The van der Waals surface area contributed by atoms with E-state index >= 15 is 0 Å². The fraction of sp³-hybridized carbons (Fsp3) is 0.308. The number of aromatic nitrogens is 1. The molecule has 0 bridgehead atoms. The monoisotopic (exact) mass is 416 g/mol. The minimum Gasteiger partial charge on any atom is -0.496 e. The van der Waals surface area contributed by atoms with Crippen LogP contribution in [-0.2, 0) is 19.6 Å². The third-order valence-corrected chi connectivity index (χ3v) is 6.66. The highest BCUT2D eigenvalue weighted by Gasteiger charge is 2.33. The predicted octanol–water partition coefficient (Wildman–Crippen LogP) is 5.03. The number of hydrogen-bond acceptors (Lipinski definition) is 4. The molecule has 31 heavy (non-hydrogen) atoms. The van der Waals surface area contributed by atoms with E-state index in [2.05, 4.69) is 60.1 Å². The van der Waals surface area contributed by atoms with Crippen LogP contribution >= 0.6 is 0 Å². The molecule has 2 N–H and O–H groups in total. The molecule has 0 saturated heterocycles. The summed E-state index contributed by atoms with van der Waals surface area (Å²) in [6.07, 6.45) is 0.984. The molecule has 5 heteroatoms. The number of rotatable bonds is 5. The summed E-state index contributed by atoms with van der Waals surface area (Å²) in [6.45, 7) is 5.84. The standard InChI is InChI=1S/C26H28N2O3/c1-16-17(2)24(30-3)11-10-20(16)26-25-22(21-6-4-5-7-23(21)27-25)12-13-28(26)14-18-8-9-19(15-29)31-18/h4-11,26-27,29H,12-15H2,1-3H3/t26-/m0/s1. The average Bonchev–Trinajstić information content (AvgIpc) is 3.40. The summed E-state index contributed by atoms with van der Waals surface area (Å²) in [5.74, 6) is 2.39. The molecule has 0 aliphatic carbocycles. The first kappa shape index (κ1) is 19.9. The molecule has 5 nitrogen and oxygen atoms in total. The SMILES string of the molecule is COc1ccc([C@H]2c3[nH]c4ccccc4c3CCN2Cc2ccc(CO)o2)c(C)c1C. The molecule has 0 saturated carbocycles. The lowest BCUT2D eigenvalue weighted by Gasteiger charge is -2.36. The predicted molar refractivity (Wildman–Crippen MR) is 121 cm³/mol. The maximum atomic E-state index is 9.39. The molecule has 4 aromatic rings.